The lowest BCUT2D eigenvalue weighted by atomic mass is 10.2. The number of rotatable bonds is 3. The molecular weight excluding hydrogens is 342 g/mol. The molecule has 118 valence electrons. The molecule has 0 saturated carbocycles. The lowest BCUT2D eigenvalue weighted by Crippen LogP contribution is -1.98. The first-order valence-corrected chi connectivity index (χ1v) is 9.17. The summed E-state index contributed by atoms with van der Waals surface area (Å²) in [4.78, 5) is 14.8. The van der Waals surface area contributed by atoms with Crippen LogP contribution in [-0.2, 0) is 5.75 Å². The maximum Gasteiger partial charge on any atom is 0.212 e. The van der Waals surface area contributed by atoms with E-state index < -0.39 is 0 Å². The summed E-state index contributed by atoms with van der Waals surface area (Å²) in [5, 5.41) is 10.5. The Morgan fingerprint density at radius 1 is 1.17 bits per heavy atom. The van der Waals surface area contributed by atoms with E-state index in [1.165, 1.54) is 11.3 Å². The van der Waals surface area contributed by atoms with Gasteiger partial charge in [-0.3, -0.25) is 0 Å². The molecule has 9 heteroatoms. The number of benzene rings is 1. The summed E-state index contributed by atoms with van der Waals surface area (Å²) in [5.41, 5.74) is 4.52. The van der Waals surface area contributed by atoms with E-state index in [-0.39, 0.29) is 0 Å². The van der Waals surface area contributed by atoms with Crippen LogP contribution in [0.4, 0.5) is 0 Å². The summed E-state index contributed by atoms with van der Waals surface area (Å²) in [6, 6.07) is 8.00. The fraction of sp³-hybridized carbons (Fsp3) is 0.133. The van der Waals surface area contributed by atoms with E-state index in [9.17, 15) is 0 Å². The van der Waals surface area contributed by atoms with Crippen LogP contribution >= 0.6 is 23.1 Å². The maximum absolute atomic E-state index is 4.75. The molecule has 0 spiro atoms. The van der Waals surface area contributed by atoms with Crippen molar-refractivity contribution in [1.29, 1.82) is 0 Å². The van der Waals surface area contributed by atoms with Gasteiger partial charge in [-0.2, -0.15) is 9.61 Å². The summed E-state index contributed by atoms with van der Waals surface area (Å²) in [5.74, 6) is 1.44. The van der Waals surface area contributed by atoms with Crippen LogP contribution in [0.1, 0.15) is 11.5 Å². The molecule has 24 heavy (non-hydrogen) atoms. The fourth-order valence-corrected chi connectivity index (χ4v) is 4.07. The molecule has 7 nitrogen and oxygen atoms in total. The van der Waals surface area contributed by atoms with Gasteiger partial charge in [-0.25, -0.2) is 19.5 Å². The zero-order valence-electron chi connectivity index (χ0n) is 12.6. The van der Waals surface area contributed by atoms with E-state index >= 15 is 0 Å². The Morgan fingerprint density at radius 2 is 2.08 bits per heavy atom. The van der Waals surface area contributed by atoms with E-state index in [1.54, 1.807) is 21.8 Å². The molecule has 0 amide bonds. The Balaban J connectivity index is 1.58. The third-order valence-electron chi connectivity index (χ3n) is 3.64. The topological polar surface area (TPSA) is 73.3 Å². The van der Waals surface area contributed by atoms with E-state index in [0.717, 1.165) is 38.2 Å². The molecule has 0 unspecified atom stereocenters. The van der Waals surface area contributed by atoms with Gasteiger partial charge in [0, 0.05) is 11.1 Å². The lowest BCUT2D eigenvalue weighted by molar-refractivity contribution is 0.796. The molecule has 4 aromatic heterocycles. The van der Waals surface area contributed by atoms with Gasteiger partial charge in [0.15, 0.2) is 10.8 Å². The summed E-state index contributed by atoms with van der Waals surface area (Å²) in [7, 11) is 0. The first kappa shape index (κ1) is 13.9. The van der Waals surface area contributed by atoms with Crippen molar-refractivity contribution in [3.8, 4) is 0 Å². The predicted molar refractivity (Wildman–Crippen MR) is 93.5 cm³/mol. The van der Waals surface area contributed by atoms with Gasteiger partial charge in [0.1, 0.15) is 11.3 Å². The second-order valence-electron chi connectivity index (χ2n) is 5.29. The minimum Gasteiger partial charge on any atom is -0.222 e. The van der Waals surface area contributed by atoms with Crippen LogP contribution < -0.4 is 0 Å². The molecule has 1 aromatic carbocycles. The van der Waals surface area contributed by atoms with E-state index in [4.69, 9.17) is 4.98 Å². The van der Waals surface area contributed by atoms with Crippen molar-refractivity contribution in [2.75, 3.05) is 0 Å². The van der Waals surface area contributed by atoms with Crippen LogP contribution in [0.15, 0.2) is 41.1 Å². The van der Waals surface area contributed by atoms with Gasteiger partial charge < -0.3 is 0 Å². The van der Waals surface area contributed by atoms with Crippen molar-refractivity contribution < 1.29 is 0 Å². The SMILES string of the molecule is Cc1nc2c3ccccc3nc(SCc3cn4ncsc4n3)n2n1. The van der Waals surface area contributed by atoms with Crippen molar-refractivity contribution >= 4 is 44.6 Å². The number of imidazole rings is 1. The molecule has 5 rings (SSSR count). The molecule has 0 atom stereocenters. The Labute approximate surface area is 144 Å². The highest BCUT2D eigenvalue weighted by Gasteiger charge is 2.13. The van der Waals surface area contributed by atoms with E-state index in [0.29, 0.717) is 5.75 Å². The van der Waals surface area contributed by atoms with Crippen LogP contribution in [0.5, 0.6) is 0 Å². The minimum atomic E-state index is 0.704. The number of aromatic nitrogens is 7. The molecular formula is C15H11N7S2. The second kappa shape index (κ2) is 5.25. The third-order valence-corrected chi connectivity index (χ3v) is 5.29. The number of thioether (sulfide) groups is 1. The molecule has 0 fully saturated rings. The van der Waals surface area contributed by atoms with Crippen molar-refractivity contribution in [1.82, 2.24) is 34.2 Å². The average Bonchev–Trinajstić information content (AvgIpc) is 3.26. The Morgan fingerprint density at radius 3 is 3.00 bits per heavy atom. The Kier molecular flexibility index (Phi) is 3.03. The van der Waals surface area contributed by atoms with Crippen LogP contribution in [0.25, 0.3) is 21.5 Å². The van der Waals surface area contributed by atoms with Gasteiger partial charge in [-0.1, -0.05) is 35.2 Å². The standard InChI is InChI=1S/C15H11N7S2/c1-9-17-13-11-4-2-3-5-12(11)19-15(22(13)20-9)23-7-10-6-21-14(18-10)24-8-16-21/h2-6,8H,7H2,1H3. The Hall–Kier alpha value is -2.52. The Bertz CT molecular complexity index is 1160. The average molecular weight is 353 g/mol. The van der Waals surface area contributed by atoms with Gasteiger partial charge in [-0.15, -0.1) is 5.10 Å². The maximum atomic E-state index is 4.75. The number of para-hydroxylation sites is 1. The highest BCUT2D eigenvalue weighted by Crippen LogP contribution is 2.26. The number of aryl methyl sites for hydroxylation is 1. The molecule has 4 heterocycles. The number of nitrogens with zero attached hydrogens (tertiary/aromatic N) is 7. The molecule has 5 aromatic rings. The second-order valence-corrected chi connectivity index (χ2v) is 7.05. The van der Waals surface area contributed by atoms with Gasteiger partial charge >= 0.3 is 0 Å². The minimum absolute atomic E-state index is 0.704. The highest BCUT2D eigenvalue weighted by molar-refractivity contribution is 7.98. The molecule has 0 N–H and O–H groups in total. The van der Waals surface area contributed by atoms with Crippen LogP contribution in [0, 0.1) is 6.92 Å². The van der Waals surface area contributed by atoms with Crippen molar-refractivity contribution in [2.45, 2.75) is 17.8 Å². The summed E-state index contributed by atoms with van der Waals surface area (Å²) in [6.07, 6.45) is 1.95. The third kappa shape index (κ3) is 2.16. The molecule has 0 radical (unpaired) electrons. The summed E-state index contributed by atoms with van der Waals surface area (Å²) in [6.45, 7) is 1.89. The highest BCUT2D eigenvalue weighted by atomic mass is 32.2. The van der Waals surface area contributed by atoms with Gasteiger partial charge in [0.25, 0.3) is 0 Å². The molecule has 0 aliphatic rings. The van der Waals surface area contributed by atoms with Crippen molar-refractivity contribution in [3.05, 3.63) is 47.5 Å². The number of fused-ring (bicyclic) bond motifs is 4. The van der Waals surface area contributed by atoms with Gasteiger partial charge in [0.2, 0.25) is 4.96 Å². The smallest absolute Gasteiger partial charge is 0.212 e. The van der Waals surface area contributed by atoms with E-state index in [2.05, 4.69) is 20.2 Å². The largest absolute Gasteiger partial charge is 0.222 e. The van der Waals surface area contributed by atoms with Crippen molar-refractivity contribution in [3.63, 3.8) is 0 Å². The van der Waals surface area contributed by atoms with Crippen LogP contribution in [0.2, 0.25) is 0 Å². The zero-order valence-corrected chi connectivity index (χ0v) is 14.3. The van der Waals surface area contributed by atoms with Crippen LogP contribution in [-0.4, -0.2) is 34.2 Å². The molecule has 0 saturated heterocycles. The molecule has 0 aliphatic carbocycles. The van der Waals surface area contributed by atoms with Crippen LogP contribution in [0.3, 0.4) is 0 Å². The molecule has 0 aliphatic heterocycles. The summed E-state index contributed by atoms with van der Waals surface area (Å²) < 4.78 is 3.61. The fourth-order valence-electron chi connectivity index (χ4n) is 2.62. The molecule has 0 bridgehead atoms. The summed E-state index contributed by atoms with van der Waals surface area (Å²) >= 11 is 3.13. The monoisotopic (exact) mass is 353 g/mol. The number of hydrogen-bond acceptors (Lipinski definition) is 7. The zero-order chi connectivity index (χ0) is 16.1. The first-order valence-electron chi connectivity index (χ1n) is 7.30. The number of hydrogen-bond donors (Lipinski definition) is 0. The van der Waals surface area contributed by atoms with E-state index in [1.807, 2.05) is 41.9 Å². The van der Waals surface area contributed by atoms with Gasteiger partial charge in [0.05, 0.1) is 17.4 Å². The lowest BCUT2D eigenvalue weighted by Gasteiger charge is -2.05. The van der Waals surface area contributed by atoms with Crippen molar-refractivity contribution in [2.24, 2.45) is 0 Å². The first-order chi connectivity index (χ1) is 11.8. The van der Waals surface area contributed by atoms with Gasteiger partial charge in [-0.05, 0) is 19.1 Å². The predicted octanol–water partition coefficient (Wildman–Crippen LogP) is 2.98. The normalized spacial score (nSPS) is 11.9. The quantitative estimate of drug-likeness (QED) is 0.367.